The fraction of sp³-hybridized carbons (Fsp3) is 0.375. The van der Waals surface area contributed by atoms with Gasteiger partial charge in [-0.3, -0.25) is 4.79 Å². The van der Waals surface area contributed by atoms with Crippen LogP contribution in [0, 0.1) is 20.8 Å². The van der Waals surface area contributed by atoms with Crippen LogP contribution in [-0.4, -0.2) is 17.2 Å². The van der Waals surface area contributed by atoms with Crippen molar-refractivity contribution < 1.29 is 14.1 Å². The van der Waals surface area contributed by atoms with E-state index >= 15 is 0 Å². The molecule has 2 aromatic rings. The highest BCUT2D eigenvalue weighted by molar-refractivity contribution is 9.10. The summed E-state index contributed by atoms with van der Waals surface area (Å²) in [6.45, 7) is 7.76. The smallest absolute Gasteiger partial charge is 0.261 e. The van der Waals surface area contributed by atoms with Gasteiger partial charge in [-0.2, -0.15) is 0 Å². The van der Waals surface area contributed by atoms with Gasteiger partial charge in [0.15, 0.2) is 6.10 Å². The van der Waals surface area contributed by atoms with Crippen LogP contribution in [-0.2, 0) is 11.3 Å². The van der Waals surface area contributed by atoms with Crippen LogP contribution in [0.4, 0.5) is 0 Å². The molecule has 0 fully saturated rings. The molecule has 1 atom stereocenters. The molecule has 0 aliphatic carbocycles. The topological polar surface area (TPSA) is 64.4 Å². The summed E-state index contributed by atoms with van der Waals surface area (Å²) in [7, 11) is 0. The number of rotatable bonds is 5. The Balaban J connectivity index is 1.95. The second kappa shape index (κ2) is 6.96. The molecule has 1 aromatic heterocycles. The minimum Gasteiger partial charge on any atom is -0.480 e. The fourth-order valence-corrected chi connectivity index (χ4v) is 2.61. The number of carbonyl (C=O) groups is 1. The fourth-order valence-electron chi connectivity index (χ4n) is 2.02. The van der Waals surface area contributed by atoms with Crippen LogP contribution in [0.5, 0.6) is 5.75 Å². The first-order valence-corrected chi connectivity index (χ1v) is 7.80. The van der Waals surface area contributed by atoms with E-state index in [4.69, 9.17) is 9.26 Å². The standard InChI is InChI=1S/C16H19BrN2O3/c1-9-5-6-15(14(17)7-9)21-12(4)16(20)18-8-13-10(2)19-22-11(13)3/h5-7,12H,8H2,1-4H3,(H,18,20). The Kier molecular flexibility index (Phi) is 5.24. The van der Waals surface area contributed by atoms with Gasteiger partial charge in [0, 0.05) is 12.1 Å². The van der Waals surface area contributed by atoms with E-state index in [2.05, 4.69) is 26.4 Å². The SMILES string of the molecule is Cc1ccc(OC(C)C(=O)NCc2c(C)noc2C)c(Br)c1. The number of benzene rings is 1. The molecule has 0 aliphatic rings. The molecule has 5 nitrogen and oxygen atoms in total. The molecule has 0 saturated carbocycles. The lowest BCUT2D eigenvalue weighted by atomic mass is 10.2. The zero-order valence-corrected chi connectivity index (χ0v) is 14.7. The Morgan fingerprint density at radius 1 is 1.41 bits per heavy atom. The quantitative estimate of drug-likeness (QED) is 0.879. The number of nitrogens with zero attached hydrogens (tertiary/aromatic N) is 1. The Labute approximate surface area is 138 Å². The van der Waals surface area contributed by atoms with Crippen molar-refractivity contribution in [3.63, 3.8) is 0 Å². The maximum absolute atomic E-state index is 12.1. The van der Waals surface area contributed by atoms with Crippen LogP contribution < -0.4 is 10.1 Å². The number of hydrogen-bond acceptors (Lipinski definition) is 4. The summed E-state index contributed by atoms with van der Waals surface area (Å²) in [5.41, 5.74) is 2.81. The highest BCUT2D eigenvalue weighted by Gasteiger charge is 2.17. The number of ether oxygens (including phenoxy) is 1. The molecule has 0 radical (unpaired) electrons. The molecular formula is C16H19BrN2O3. The van der Waals surface area contributed by atoms with Gasteiger partial charge >= 0.3 is 0 Å². The number of aromatic nitrogens is 1. The number of aryl methyl sites for hydroxylation is 3. The van der Waals surface area contributed by atoms with Gasteiger partial charge in [0.1, 0.15) is 11.5 Å². The van der Waals surface area contributed by atoms with Crippen molar-refractivity contribution in [2.24, 2.45) is 0 Å². The summed E-state index contributed by atoms with van der Waals surface area (Å²) in [6.07, 6.45) is -0.598. The van der Waals surface area contributed by atoms with Crippen molar-refractivity contribution in [2.45, 2.75) is 40.3 Å². The van der Waals surface area contributed by atoms with Gasteiger partial charge in [-0.1, -0.05) is 11.2 Å². The van der Waals surface area contributed by atoms with Crippen molar-refractivity contribution in [1.29, 1.82) is 0 Å². The third-order valence-electron chi connectivity index (χ3n) is 3.38. The molecule has 0 spiro atoms. The lowest BCUT2D eigenvalue weighted by molar-refractivity contribution is -0.127. The van der Waals surface area contributed by atoms with E-state index in [9.17, 15) is 4.79 Å². The van der Waals surface area contributed by atoms with Crippen molar-refractivity contribution in [3.05, 3.63) is 45.3 Å². The van der Waals surface area contributed by atoms with Crippen molar-refractivity contribution in [2.75, 3.05) is 0 Å². The average Bonchev–Trinajstić information content (AvgIpc) is 2.78. The molecule has 1 N–H and O–H groups in total. The van der Waals surface area contributed by atoms with Gasteiger partial charge in [0.2, 0.25) is 0 Å². The largest absolute Gasteiger partial charge is 0.480 e. The van der Waals surface area contributed by atoms with Crippen LogP contribution in [0.15, 0.2) is 27.2 Å². The first-order chi connectivity index (χ1) is 10.4. The van der Waals surface area contributed by atoms with E-state index in [0.717, 1.165) is 21.3 Å². The summed E-state index contributed by atoms with van der Waals surface area (Å²) in [5, 5.41) is 6.70. The summed E-state index contributed by atoms with van der Waals surface area (Å²) < 4.78 is 11.6. The Morgan fingerprint density at radius 3 is 2.73 bits per heavy atom. The van der Waals surface area contributed by atoms with Gasteiger partial charge < -0.3 is 14.6 Å². The summed E-state index contributed by atoms with van der Waals surface area (Å²) in [6, 6.07) is 5.73. The van der Waals surface area contributed by atoms with Gasteiger partial charge in [-0.15, -0.1) is 0 Å². The van der Waals surface area contributed by atoms with Crippen molar-refractivity contribution >= 4 is 21.8 Å². The van der Waals surface area contributed by atoms with Crippen LogP contribution in [0.2, 0.25) is 0 Å². The molecule has 1 heterocycles. The zero-order chi connectivity index (χ0) is 16.3. The molecule has 1 aromatic carbocycles. The maximum atomic E-state index is 12.1. The van der Waals surface area contributed by atoms with Gasteiger partial charge in [-0.25, -0.2) is 0 Å². The number of carbonyl (C=O) groups excluding carboxylic acids is 1. The van der Waals surface area contributed by atoms with Crippen LogP contribution in [0.1, 0.15) is 29.5 Å². The zero-order valence-electron chi connectivity index (χ0n) is 13.1. The van der Waals surface area contributed by atoms with E-state index in [1.54, 1.807) is 6.92 Å². The third kappa shape index (κ3) is 3.88. The molecule has 1 unspecified atom stereocenters. The second-order valence-corrected chi connectivity index (χ2v) is 6.07. The molecule has 6 heteroatoms. The minimum atomic E-state index is -0.598. The van der Waals surface area contributed by atoms with E-state index in [1.807, 2.05) is 39.0 Å². The molecule has 0 saturated heterocycles. The van der Waals surface area contributed by atoms with Gasteiger partial charge in [0.25, 0.3) is 5.91 Å². The molecular weight excluding hydrogens is 348 g/mol. The molecule has 118 valence electrons. The number of hydrogen-bond donors (Lipinski definition) is 1. The van der Waals surface area contributed by atoms with E-state index in [0.29, 0.717) is 18.1 Å². The summed E-state index contributed by atoms with van der Waals surface area (Å²) in [4.78, 5) is 12.1. The molecule has 0 bridgehead atoms. The van der Waals surface area contributed by atoms with Crippen LogP contribution in [0.3, 0.4) is 0 Å². The molecule has 0 aliphatic heterocycles. The van der Waals surface area contributed by atoms with Gasteiger partial charge in [0.05, 0.1) is 10.2 Å². The summed E-state index contributed by atoms with van der Waals surface area (Å²) in [5.74, 6) is 1.17. The van der Waals surface area contributed by atoms with Crippen molar-refractivity contribution in [1.82, 2.24) is 10.5 Å². The monoisotopic (exact) mass is 366 g/mol. The number of amides is 1. The lowest BCUT2D eigenvalue weighted by Crippen LogP contribution is -2.36. The van der Waals surface area contributed by atoms with E-state index < -0.39 is 6.10 Å². The maximum Gasteiger partial charge on any atom is 0.261 e. The van der Waals surface area contributed by atoms with E-state index in [1.165, 1.54) is 0 Å². The van der Waals surface area contributed by atoms with Crippen LogP contribution >= 0.6 is 15.9 Å². The summed E-state index contributed by atoms with van der Waals surface area (Å²) >= 11 is 3.44. The Morgan fingerprint density at radius 2 is 2.14 bits per heavy atom. The highest BCUT2D eigenvalue weighted by atomic mass is 79.9. The second-order valence-electron chi connectivity index (χ2n) is 5.21. The Hall–Kier alpha value is -1.82. The van der Waals surface area contributed by atoms with Crippen LogP contribution in [0.25, 0.3) is 0 Å². The lowest BCUT2D eigenvalue weighted by Gasteiger charge is -2.16. The minimum absolute atomic E-state index is 0.188. The predicted molar refractivity (Wildman–Crippen MR) is 86.8 cm³/mol. The highest BCUT2D eigenvalue weighted by Crippen LogP contribution is 2.26. The first-order valence-electron chi connectivity index (χ1n) is 7.00. The Bertz CT molecular complexity index is 663. The average molecular weight is 367 g/mol. The third-order valence-corrected chi connectivity index (χ3v) is 4.00. The normalized spacial score (nSPS) is 12.0. The number of halogens is 1. The first kappa shape index (κ1) is 16.5. The van der Waals surface area contributed by atoms with Gasteiger partial charge in [-0.05, 0) is 61.3 Å². The van der Waals surface area contributed by atoms with Crippen molar-refractivity contribution in [3.8, 4) is 5.75 Å². The molecule has 1 amide bonds. The molecule has 2 rings (SSSR count). The number of nitrogens with one attached hydrogen (secondary N) is 1. The molecule has 22 heavy (non-hydrogen) atoms. The predicted octanol–water partition coefficient (Wildman–Crippen LogP) is 3.45. The van der Waals surface area contributed by atoms with E-state index in [-0.39, 0.29) is 5.91 Å².